The quantitative estimate of drug-likeness (QED) is 0.634. The molecule has 1 fully saturated rings. The number of likely N-dealkylation sites (tertiary alicyclic amines) is 1. The van der Waals surface area contributed by atoms with Crippen LogP contribution in [-0.4, -0.2) is 40.7 Å². The van der Waals surface area contributed by atoms with E-state index in [1.807, 2.05) is 18.2 Å². The van der Waals surface area contributed by atoms with Crippen LogP contribution < -0.4 is 4.90 Å². The normalized spacial score (nSPS) is 18.1. The first-order valence-corrected chi connectivity index (χ1v) is 9.91. The van der Waals surface area contributed by atoms with E-state index in [9.17, 15) is 14.4 Å². The lowest BCUT2D eigenvalue weighted by Gasteiger charge is -2.19. The van der Waals surface area contributed by atoms with Gasteiger partial charge >= 0.3 is 0 Å². The van der Waals surface area contributed by atoms with Gasteiger partial charge in [0.1, 0.15) is 0 Å². The molecule has 1 aromatic heterocycles. The molecule has 2 aromatic carbocycles. The molecule has 6 heteroatoms. The van der Waals surface area contributed by atoms with Crippen LogP contribution in [-0.2, 0) is 0 Å². The van der Waals surface area contributed by atoms with Crippen molar-refractivity contribution in [2.24, 2.45) is 0 Å². The molecular weight excluding hydrogens is 378 g/mol. The number of carbonyl (C=O) groups excluding carboxylic acids is 3. The van der Waals surface area contributed by atoms with Gasteiger partial charge in [0.2, 0.25) is 0 Å². The first kappa shape index (κ1) is 18.2. The Balaban J connectivity index is 1.38. The van der Waals surface area contributed by atoms with Crippen molar-refractivity contribution >= 4 is 23.4 Å². The fourth-order valence-electron chi connectivity index (χ4n) is 4.19. The summed E-state index contributed by atoms with van der Waals surface area (Å²) < 4.78 is 0. The number of hydrogen-bond acceptors (Lipinski definition) is 4. The lowest BCUT2D eigenvalue weighted by atomic mass is 10.0. The first-order valence-electron chi connectivity index (χ1n) is 9.91. The number of rotatable bonds is 3. The van der Waals surface area contributed by atoms with E-state index in [1.165, 1.54) is 0 Å². The topological polar surface area (TPSA) is 70.6 Å². The second-order valence-corrected chi connectivity index (χ2v) is 7.53. The third kappa shape index (κ3) is 2.97. The summed E-state index contributed by atoms with van der Waals surface area (Å²) in [5.74, 6) is -0.616. The smallest absolute Gasteiger partial charge is 0.266 e. The minimum Gasteiger partial charge on any atom is -0.338 e. The molecule has 1 atom stereocenters. The number of imide groups is 1. The summed E-state index contributed by atoms with van der Waals surface area (Å²) in [6, 6.07) is 19.3. The van der Waals surface area contributed by atoms with Crippen molar-refractivity contribution in [3.8, 4) is 0 Å². The summed E-state index contributed by atoms with van der Waals surface area (Å²) in [4.78, 5) is 45.9. The first-order chi connectivity index (χ1) is 14.6. The molecule has 0 bridgehead atoms. The van der Waals surface area contributed by atoms with Gasteiger partial charge in [-0.1, -0.05) is 24.3 Å². The molecule has 0 aliphatic carbocycles. The van der Waals surface area contributed by atoms with Crippen LogP contribution >= 0.6 is 0 Å². The van der Waals surface area contributed by atoms with Crippen LogP contribution in [0.2, 0.25) is 0 Å². The molecule has 30 heavy (non-hydrogen) atoms. The largest absolute Gasteiger partial charge is 0.338 e. The molecule has 1 unspecified atom stereocenters. The van der Waals surface area contributed by atoms with Crippen molar-refractivity contribution in [2.75, 3.05) is 18.0 Å². The summed E-state index contributed by atoms with van der Waals surface area (Å²) in [6.45, 7) is 1.25. The second-order valence-electron chi connectivity index (χ2n) is 7.53. The molecule has 148 valence electrons. The zero-order chi connectivity index (χ0) is 20.7. The number of amides is 3. The van der Waals surface area contributed by atoms with E-state index in [4.69, 9.17) is 0 Å². The lowest BCUT2D eigenvalue weighted by molar-refractivity contribution is 0.0789. The Morgan fingerprint density at radius 1 is 0.900 bits per heavy atom. The van der Waals surface area contributed by atoms with Crippen LogP contribution in [0.25, 0.3) is 0 Å². The summed E-state index contributed by atoms with van der Waals surface area (Å²) in [5, 5.41) is 0. The van der Waals surface area contributed by atoms with Gasteiger partial charge in [-0.3, -0.25) is 19.4 Å². The highest BCUT2D eigenvalue weighted by Crippen LogP contribution is 2.30. The van der Waals surface area contributed by atoms with Gasteiger partial charge in [-0.25, -0.2) is 4.90 Å². The number of pyridine rings is 1. The van der Waals surface area contributed by atoms with Crippen LogP contribution in [0.15, 0.2) is 72.9 Å². The molecule has 3 amide bonds. The Bertz CT molecular complexity index is 1120. The van der Waals surface area contributed by atoms with E-state index in [0.717, 1.165) is 17.0 Å². The predicted molar refractivity (Wildman–Crippen MR) is 112 cm³/mol. The Hall–Kier alpha value is -3.80. The van der Waals surface area contributed by atoms with Gasteiger partial charge in [0.15, 0.2) is 0 Å². The van der Waals surface area contributed by atoms with E-state index in [0.29, 0.717) is 35.5 Å². The summed E-state index contributed by atoms with van der Waals surface area (Å²) in [5.41, 5.74) is 2.64. The predicted octanol–water partition coefficient (Wildman–Crippen LogP) is 3.51. The van der Waals surface area contributed by atoms with Crippen LogP contribution in [0, 0.1) is 0 Å². The zero-order valence-electron chi connectivity index (χ0n) is 16.2. The third-order valence-electron chi connectivity index (χ3n) is 5.73. The molecule has 2 aliphatic rings. The number of fused-ring (bicyclic) bond motifs is 1. The fourth-order valence-corrected chi connectivity index (χ4v) is 4.19. The Kier molecular flexibility index (Phi) is 4.39. The van der Waals surface area contributed by atoms with Crippen molar-refractivity contribution in [1.29, 1.82) is 0 Å². The molecule has 1 saturated heterocycles. The molecule has 0 spiro atoms. The molecule has 2 aliphatic heterocycles. The highest BCUT2D eigenvalue weighted by atomic mass is 16.2. The maximum Gasteiger partial charge on any atom is 0.266 e. The molecule has 0 radical (unpaired) electrons. The fraction of sp³-hybridized carbons (Fsp3) is 0.167. The van der Waals surface area contributed by atoms with Gasteiger partial charge in [-0.05, 0) is 48.9 Å². The van der Waals surface area contributed by atoms with Crippen LogP contribution in [0.3, 0.4) is 0 Å². The van der Waals surface area contributed by atoms with E-state index in [-0.39, 0.29) is 23.6 Å². The highest BCUT2D eigenvalue weighted by Gasteiger charge is 2.36. The Morgan fingerprint density at radius 3 is 2.33 bits per heavy atom. The van der Waals surface area contributed by atoms with Gasteiger partial charge in [0, 0.05) is 36.5 Å². The number of aromatic nitrogens is 1. The second kappa shape index (κ2) is 7.22. The SMILES string of the molecule is O=C(c1cccc(N2C(=O)c3ccccc3C2=O)c1)N1CCC(c2ccccn2)C1. The number of benzene rings is 2. The standard InChI is InChI=1S/C24H19N3O3/c28-22(26-13-11-17(15-26)21-10-3-4-12-25-21)16-6-5-7-18(14-16)27-23(29)19-8-1-2-9-20(19)24(27)30/h1-10,12,14,17H,11,13,15H2. The monoisotopic (exact) mass is 397 g/mol. The van der Waals surface area contributed by atoms with Gasteiger partial charge in [-0.2, -0.15) is 0 Å². The number of carbonyl (C=O) groups is 3. The molecule has 0 N–H and O–H groups in total. The summed E-state index contributed by atoms with van der Waals surface area (Å²) in [6.07, 6.45) is 2.63. The molecule has 6 nitrogen and oxygen atoms in total. The number of nitrogens with zero attached hydrogens (tertiary/aromatic N) is 3. The van der Waals surface area contributed by atoms with Gasteiger partial charge in [0.25, 0.3) is 17.7 Å². The van der Waals surface area contributed by atoms with Crippen molar-refractivity contribution in [3.05, 3.63) is 95.3 Å². The van der Waals surface area contributed by atoms with E-state index in [2.05, 4.69) is 4.98 Å². The number of anilines is 1. The Labute approximate surface area is 173 Å². The van der Waals surface area contributed by atoms with Crippen molar-refractivity contribution < 1.29 is 14.4 Å². The van der Waals surface area contributed by atoms with E-state index in [1.54, 1.807) is 59.6 Å². The van der Waals surface area contributed by atoms with Gasteiger partial charge in [0.05, 0.1) is 16.8 Å². The van der Waals surface area contributed by atoms with Crippen LogP contribution in [0.5, 0.6) is 0 Å². The third-order valence-corrected chi connectivity index (χ3v) is 5.73. The van der Waals surface area contributed by atoms with Crippen molar-refractivity contribution in [2.45, 2.75) is 12.3 Å². The van der Waals surface area contributed by atoms with Gasteiger partial charge < -0.3 is 4.90 Å². The maximum absolute atomic E-state index is 13.1. The average Bonchev–Trinajstić information content (AvgIpc) is 3.38. The minimum absolute atomic E-state index is 0.105. The molecule has 3 aromatic rings. The molecule has 3 heterocycles. The number of hydrogen-bond donors (Lipinski definition) is 0. The van der Waals surface area contributed by atoms with E-state index >= 15 is 0 Å². The van der Waals surface area contributed by atoms with E-state index < -0.39 is 0 Å². The molecular formula is C24H19N3O3. The van der Waals surface area contributed by atoms with Crippen LogP contribution in [0.1, 0.15) is 49.1 Å². The van der Waals surface area contributed by atoms with Crippen LogP contribution in [0.4, 0.5) is 5.69 Å². The lowest BCUT2D eigenvalue weighted by Crippen LogP contribution is -2.31. The highest BCUT2D eigenvalue weighted by molar-refractivity contribution is 6.34. The summed E-state index contributed by atoms with van der Waals surface area (Å²) in [7, 11) is 0. The molecule has 5 rings (SSSR count). The molecule has 0 saturated carbocycles. The van der Waals surface area contributed by atoms with Crippen molar-refractivity contribution in [3.63, 3.8) is 0 Å². The van der Waals surface area contributed by atoms with Gasteiger partial charge in [-0.15, -0.1) is 0 Å². The Morgan fingerprint density at radius 2 is 1.63 bits per heavy atom. The maximum atomic E-state index is 13.1. The van der Waals surface area contributed by atoms with Crippen molar-refractivity contribution in [1.82, 2.24) is 9.88 Å². The zero-order valence-corrected chi connectivity index (χ0v) is 16.2. The average molecular weight is 397 g/mol. The minimum atomic E-state index is -0.364. The summed E-state index contributed by atoms with van der Waals surface area (Å²) >= 11 is 0.